The smallest absolute Gasteiger partial charge is 0.242 e. The van der Waals surface area contributed by atoms with E-state index in [2.05, 4.69) is 0 Å². The minimum atomic E-state index is -3.47. The van der Waals surface area contributed by atoms with Crippen LogP contribution in [0.25, 0.3) is 0 Å². The van der Waals surface area contributed by atoms with Crippen LogP contribution in [0.2, 0.25) is 0 Å². The van der Waals surface area contributed by atoms with E-state index in [4.69, 9.17) is 0 Å². The van der Waals surface area contributed by atoms with Crippen LogP contribution < -0.4 is 0 Å². The molecule has 0 saturated heterocycles. The number of rotatable bonds is 5. The second-order valence-electron chi connectivity index (χ2n) is 4.58. The molecule has 0 aliphatic rings. The topological polar surface area (TPSA) is 57.6 Å². The second kappa shape index (κ2) is 5.82. The highest BCUT2D eigenvalue weighted by atomic mass is 32.2. The van der Waals surface area contributed by atoms with E-state index in [9.17, 15) is 13.5 Å². The van der Waals surface area contributed by atoms with E-state index in [1.54, 1.807) is 31.2 Å². The SMILES string of the molecule is CCC(c1ccccc1S(=O)(=O)N(C)C)C(C)O. The highest BCUT2D eigenvalue weighted by Crippen LogP contribution is 2.30. The first-order valence-corrected chi connectivity index (χ1v) is 7.45. The van der Waals surface area contributed by atoms with Crippen LogP contribution in [0.4, 0.5) is 0 Å². The molecule has 0 spiro atoms. The van der Waals surface area contributed by atoms with Crippen LogP contribution in [0.1, 0.15) is 31.7 Å². The van der Waals surface area contributed by atoms with Gasteiger partial charge in [-0.05, 0) is 25.0 Å². The molecule has 4 nitrogen and oxygen atoms in total. The first-order valence-electron chi connectivity index (χ1n) is 6.01. The molecule has 0 heterocycles. The number of hydrogen-bond donors (Lipinski definition) is 1. The fourth-order valence-corrected chi connectivity index (χ4v) is 3.20. The van der Waals surface area contributed by atoms with Crippen molar-refractivity contribution in [3.63, 3.8) is 0 Å². The molecule has 1 N–H and O–H groups in total. The average molecular weight is 271 g/mol. The van der Waals surface area contributed by atoms with Crippen molar-refractivity contribution in [3.8, 4) is 0 Å². The Morgan fingerprint density at radius 2 is 1.83 bits per heavy atom. The van der Waals surface area contributed by atoms with Crippen LogP contribution in [-0.2, 0) is 10.0 Å². The van der Waals surface area contributed by atoms with Gasteiger partial charge in [0.15, 0.2) is 0 Å². The van der Waals surface area contributed by atoms with Gasteiger partial charge in [-0.2, -0.15) is 0 Å². The van der Waals surface area contributed by atoms with Crippen molar-refractivity contribution in [2.24, 2.45) is 0 Å². The average Bonchev–Trinajstić information content (AvgIpc) is 2.29. The molecule has 5 heteroatoms. The molecule has 0 fully saturated rings. The maximum Gasteiger partial charge on any atom is 0.242 e. The summed E-state index contributed by atoms with van der Waals surface area (Å²) >= 11 is 0. The molecule has 1 aromatic carbocycles. The summed E-state index contributed by atoms with van der Waals surface area (Å²) < 4.78 is 25.7. The zero-order valence-electron chi connectivity index (χ0n) is 11.3. The van der Waals surface area contributed by atoms with Crippen molar-refractivity contribution >= 4 is 10.0 Å². The molecule has 0 bridgehead atoms. The summed E-state index contributed by atoms with van der Waals surface area (Å²) in [6.07, 6.45) is 0.117. The Bertz CT molecular complexity index is 495. The lowest BCUT2D eigenvalue weighted by Gasteiger charge is -2.23. The highest BCUT2D eigenvalue weighted by molar-refractivity contribution is 7.89. The Hall–Kier alpha value is -0.910. The molecule has 102 valence electrons. The van der Waals surface area contributed by atoms with Crippen LogP contribution in [0.15, 0.2) is 29.2 Å². The standard InChI is InChI=1S/C13H21NO3S/c1-5-11(10(2)15)12-8-6-7-9-13(12)18(16,17)14(3)4/h6-11,15H,5H2,1-4H3. The Morgan fingerprint density at radius 3 is 2.28 bits per heavy atom. The van der Waals surface area contributed by atoms with Crippen molar-refractivity contribution in [3.05, 3.63) is 29.8 Å². The lowest BCUT2D eigenvalue weighted by Crippen LogP contribution is -2.25. The van der Waals surface area contributed by atoms with Gasteiger partial charge in [-0.3, -0.25) is 0 Å². The number of sulfonamides is 1. The summed E-state index contributed by atoms with van der Waals surface area (Å²) in [4.78, 5) is 0.280. The number of benzene rings is 1. The third-order valence-electron chi connectivity index (χ3n) is 3.10. The van der Waals surface area contributed by atoms with Gasteiger partial charge in [0.2, 0.25) is 10.0 Å². The number of nitrogens with zero attached hydrogens (tertiary/aromatic N) is 1. The predicted molar refractivity (Wildman–Crippen MR) is 72.0 cm³/mol. The van der Waals surface area contributed by atoms with E-state index in [-0.39, 0.29) is 10.8 Å². The minimum Gasteiger partial charge on any atom is -0.393 e. The molecule has 1 aromatic rings. The molecular formula is C13H21NO3S. The quantitative estimate of drug-likeness (QED) is 0.888. The van der Waals surface area contributed by atoms with E-state index in [1.807, 2.05) is 6.92 Å². The third-order valence-corrected chi connectivity index (χ3v) is 4.99. The molecule has 1 rings (SSSR count). The van der Waals surface area contributed by atoms with Gasteiger partial charge in [0.05, 0.1) is 11.0 Å². The van der Waals surface area contributed by atoms with Crippen LogP contribution in [0.3, 0.4) is 0 Å². The van der Waals surface area contributed by atoms with E-state index in [0.717, 1.165) is 0 Å². The molecule has 0 aliphatic heterocycles. The largest absolute Gasteiger partial charge is 0.393 e. The van der Waals surface area contributed by atoms with E-state index < -0.39 is 16.1 Å². The third kappa shape index (κ3) is 2.91. The Labute approximate surface area is 109 Å². The summed E-state index contributed by atoms with van der Waals surface area (Å²) in [5, 5.41) is 9.79. The van der Waals surface area contributed by atoms with Crippen molar-refractivity contribution in [2.45, 2.75) is 37.2 Å². The number of aliphatic hydroxyl groups excluding tert-OH is 1. The Balaban J connectivity index is 3.40. The second-order valence-corrected chi connectivity index (χ2v) is 6.70. The zero-order valence-corrected chi connectivity index (χ0v) is 12.1. The van der Waals surface area contributed by atoms with Gasteiger partial charge in [0, 0.05) is 20.0 Å². The zero-order chi connectivity index (χ0) is 13.9. The first kappa shape index (κ1) is 15.1. The first-order chi connectivity index (χ1) is 8.32. The van der Waals surface area contributed by atoms with Crippen LogP contribution >= 0.6 is 0 Å². The molecule has 2 atom stereocenters. The van der Waals surface area contributed by atoms with Gasteiger partial charge in [0.1, 0.15) is 0 Å². The van der Waals surface area contributed by atoms with Gasteiger partial charge >= 0.3 is 0 Å². The van der Waals surface area contributed by atoms with Gasteiger partial charge in [-0.1, -0.05) is 25.1 Å². The molecule has 0 aliphatic carbocycles. The maximum atomic E-state index is 12.2. The molecule has 0 aromatic heterocycles. The van der Waals surface area contributed by atoms with E-state index >= 15 is 0 Å². The van der Waals surface area contributed by atoms with E-state index in [0.29, 0.717) is 12.0 Å². The van der Waals surface area contributed by atoms with Crippen LogP contribution in [0, 0.1) is 0 Å². The summed E-state index contributed by atoms with van der Waals surface area (Å²) in [6.45, 7) is 3.63. The normalized spacial score (nSPS) is 15.7. The molecule has 0 radical (unpaired) electrons. The monoisotopic (exact) mass is 271 g/mol. The number of hydrogen-bond acceptors (Lipinski definition) is 3. The lowest BCUT2D eigenvalue weighted by molar-refractivity contribution is 0.158. The number of aliphatic hydroxyl groups is 1. The summed E-state index contributed by atoms with van der Waals surface area (Å²) in [5.74, 6) is -0.170. The predicted octanol–water partition coefficient (Wildman–Crippen LogP) is 1.81. The minimum absolute atomic E-state index is 0.170. The maximum absolute atomic E-state index is 12.2. The summed E-state index contributed by atoms with van der Waals surface area (Å²) in [5.41, 5.74) is 0.684. The van der Waals surface area contributed by atoms with Gasteiger partial charge in [-0.15, -0.1) is 0 Å². The summed E-state index contributed by atoms with van der Waals surface area (Å²) in [6, 6.07) is 6.87. The van der Waals surface area contributed by atoms with Crippen molar-refractivity contribution in [2.75, 3.05) is 14.1 Å². The molecular weight excluding hydrogens is 250 g/mol. The summed E-state index contributed by atoms with van der Waals surface area (Å²) in [7, 11) is -0.455. The van der Waals surface area contributed by atoms with Gasteiger partial charge < -0.3 is 5.11 Å². The molecule has 2 unspecified atom stereocenters. The molecule has 0 saturated carbocycles. The fourth-order valence-electron chi connectivity index (χ4n) is 2.04. The van der Waals surface area contributed by atoms with Crippen molar-refractivity contribution < 1.29 is 13.5 Å². The van der Waals surface area contributed by atoms with Crippen molar-refractivity contribution in [1.82, 2.24) is 4.31 Å². The highest BCUT2D eigenvalue weighted by Gasteiger charge is 2.26. The van der Waals surface area contributed by atoms with E-state index in [1.165, 1.54) is 18.4 Å². The molecule has 0 amide bonds. The van der Waals surface area contributed by atoms with Crippen molar-refractivity contribution in [1.29, 1.82) is 0 Å². The molecule has 18 heavy (non-hydrogen) atoms. The van der Waals surface area contributed by atoms with Gasteiger partial charge in [0.25, 0.3) is 0 Å². The lowest BCUT2D eigenvalue weighted by atomic mass is 9.92. The Morgan fingerprint density at radius 1 is 1.28 bits per heavy atom. The van der Waals surface area contributed by atoms with Gasteiger partial charge in [-0.25, -0.2) is 12.7 Å². The van der Waals surface area contributed by atoms with Crippen LogP contribution in [0.5, 0.6) is 0 Å². The fraction of sp³-hybridized carbons (Fsp3) is 0.538. The Kier molecular flexibility index (Phi) is 4.90. The van der Waals surface area contributed by atoms with Crippen LogP contribution in [-0.4, -0.2) is 38.0 Å².